The lowest BCUT2D eigenvalue weighted by Crippen LogP contribution is -2.03. The highest BCUT2D eigenvalue weighted by Crippen LogP contribution is 2.28. The fraction of sp³-hybridized carbons (Fsp3) is 0.278. The molecule has 0 heterocycles. The molecule has 0 fully saturated rings. The zero-order valence-electron chi connectivity index (χ0n) is 12.7. The number of carbonyl (C=O) groups is 1. The second kappa shape index (κ2) is 6.93. The van der Waals surface area contributed by atoms with Crippen LogP contribution in [-0.4, -0.2) is 20.0 Å². The third-order valence-corrected chi connectivity index (χ3v) is 3.37. The fourth-order valence-corrected chi connectivity index (χ4v) is 2.30. The van der Waals surface area contributed by atoms with Gasteiger partial charge in [-0.3, -0.25) is 4.79 Å². The second-order valence-electron chi connectivity index (χ2n) is 4.85. The monoisotopic (exact) mass is 284 g/mol. The number of hydrogen-bond donors (Lipinski definition) is 0. The first-order chi connectivity index (χ1) is 10.2. The van der Waals surface area contributed by atoms with Crippen molar-refractivity contribution >= 4 is 5.78 Å². The molecule has 0 radical (unpaired) electrons. The number of rotatable bonds is 6. The van der Waals surface area contributed by atoms with Crippen molar-refractivity contribution in [3.05, 3.63) is 59.2 Å². The highest BCUT2D eigenvalue weighted by atomic mass is 16.5. The van der Waals surface area contributed by atoms with Crippen LogP contribution in [0.25, 0.3) is 0 Å². The Bertz CT molecular complexity index is 632. The Kier molecular flexibility index (Phi) is 4.99. The largest absolute Gasteiger partial charge is 0.493 e. The predicted octanol–water partition coefficient (Wildman–Crippen LogP) is 3.89. The molecule has 0 saturated heterocycles. The van der Waals surface area contributed by atoms with E-state index in [0.29, 0.717) is 22.6 Å². The summed E-state index contributed by atoms with van der Waals surface area (Å²) in [5.74, 6) is 1.18. The average Bonchev–Trinajstić information content (AvgIpc) is 2.54. The predicted molar refractivity (Wildman–Crippen MR) is 83.4 cm³/mol. The van der Waals surface area contributed by atoms with E-state index in [1.165, 1.54) is 5.56 Å². The van der Waals surface area contributed by atoms with E-state index in [4.69, 9.17) is 9.47 Å². The Labute approximate surface area is 125 Å². The lowest BCUT2D eigenvalue weighted by molar-refractivity contribution is 0.103. The Morgan fingerprint density at radius 1 is 0.952 bits per heavy atom. The van der Waals surface area contributed by atoms with E-state index < -0.39 is 0 Å². The molecule has 0 N–H and O–H groups in total. The van der Waals surface area contributed by atoms with Crippen molar-refractivity contribution in [1.82, 2.24) is 0 Å². The lowest BCUT2D eigenvalue weighted by atomic mass is 9.99. The van der Waals surface area contributed by atoms with Gasteiger partial charge >= 0.3 is 0 Å². The van der Waals surface area contributed by atoms with Crippen molar-refractivity contribution in [2.45, 2.75) is 19.8 Å². The van der Waals surface area contributed by atoms with Gasteiger partial charge in [-0.1, -0.05) is 31.5 Å². The Hall–Kier alpha value is -2.29. The molecule has 0 spiro atoms. The number of carbonyl (C=O) groups excluding carboxylic acids is 1. The van der Waals surface area contributed by atoms with Crippen LogP contribution in [0.1, 0.15) is 34.8 Å². The summed E-state index contributed by atoms with van der Waals surface area (Å²) in [4.78, 5) is 12.6. The zero-order chi connectivity index (χ0) is 15.2. The van der Waals surface area contributed by atoms with E-state index in [2.05, 4.69) is 13.0 Å². The van der Waals surface area contributed by atoms with Crippen LogP contribution in [0.4, 0.5) is 0 Å². The van der Waals surface area contributed by atoms with E-state index in [1.807, 2.05) is 18.2 Å². The molecule has 110 valence electrons. The minimum atomic E-state index is -0.00564. The first-order valence-electron chi connectivity index (χ1n) is 7.05. The molecule has 2 aromatic carbocycles. The Balaban J connectivity index is 2.33. The SMILES string of the molecule is CCCc1cccc(C(=O)c2ccc(OC)c(OC)c2)c1. The molecular weight excluding hydrogens is 264 g/mol. The van der Waals surface area contributed by atoms with E-state index in [-0.39, 0.29) is 5.78 Å². The quantitative estimate of drug-likeness (QED) is 0.755. The van der Waals surface area contributed by atoms with Gasteiger partial charge in [-0.15, -0.1) is 0 Å². The highest BCUT2D eigenvalue weighted by Gasteiger charge is 2.13. The Morgan fingerprint density at radius 3 is 2.33 bits per heavy atom. The summed E-state index contributed by atoms with van der Waals surface area (Å²) >= 11 is 0. The summed E-state index contributed by atoms with van der Waals surface area (Å²) in [6, 6.07) is 13.0. The summed E-state index contributed by atoms with van der Waals surface area (Å²) in [6.45, 7) is 2.13. The molecule has 21 heavy (non-hydrogen) atoms. The topological polar surface area (TPSA) is 35.5 Å². The standard InChI is InChI=1S/C18H20O3/c1-4-6-13-7-5-8-14(11-13)18(19)15-9-10-16(20-2)17(12-15)21-3/h5,7-12H,4,6H2,1-3H3. The maximum Gasteiger partial charge on any atom is 0.193 e. The number of benzene rings is 2. The molecule has 0 aromatic heterocycles. The summed E-state index contributed by atoms with van der Waals surface area (Å²) < 4.78 is 10.4. The van der Waals surface area contributed by atoms with E-state index >= 15 is 0 Å². The van der Waals surface area contributed by atoms with Gasteiger partial charge in [0.1, 0.15) is 0 Å². The van der Waals surface area contributed by atoms with Crippen molar-refractivity contribution in [1.29, 1.82) is 0 Å². The van der Waals surface area contributed by atoms with Crippen LogP contribution in [0, 0.1) is 0 Å². The van der Waals surface area contributed by atoms with Crippen molar-refractivity contribution in [2.24, 2.45) is 0 Å². The summed E-state index contributed by atoms with van der Waals surface area (Å²) in [5, 5.41) is 0. The molecule has 0 atom stereocenters. The van der Waals surface area contributed by atoms with Gasteiger partial charge in [0, 0.05) is 11.1 Å². The highest BCUT2D eigenvalue weighted by molar-refractivity contribution is 6.09. The fourth-order valence-electron chi connectivity index (χ4n) is 2.30. The van der Waals surface area contributed by atoms with E-state index in [1.54, 1.807) is 32.4 Å². The molecule has 2 rings (SSSR count). The van der Waals surface area contributed by atoms with E-state index in [9.17, 15) is 4.79 Å². The summed E-state index contributed by atoms with van der Waals surface area (Å²) in [5.41, 5.74) is 2.48. The first-order valence-corrected chi connectivity index (χ1v) is 7.05. The number of aryl methyl sites for hydroxylation is 1. The minimum Gasteiger partial charge on any atom is -0.493 e. The third-order valence-electron chi connectivity index (χ3n) is 3.37. The molecule has 3 nitrogen and oxygen atoms in total. The number of ketones is 1. The number of ether oxygens (including phenoxy) is 2. The third kappa shape index (κ3) is 3.43. The lowest BCUT2D eigenvalue weighted by Gasteiger charge is -2.09. The van der Waals surface area contributed by atoms with Crippen LogP contribution in [0.15, 0.2) is 42.5 Å². The van der Waals surface area contributed by atoms with Crippen molar-refractivity contribution < 1.29 is 14.3 Å². The van der Waals surface area contributed by atoms with Gasteiger partial charge in [0.25, 0.3) is 0 Å². The molecule has 0 aliphatic rings. The van der Waals surface area contributed by atoms with Gasteiger partial charge in [0.15, 0.2) is 17.3 Å². The van der Waals surface area contributed by atoms with Gasteiger partial charge in [-0.2, -0.15) is 0 Å². The molecule has 0 amide bonds. The maximum absolute atomic E-state index is 12.6. The molecule has 0 unspecified atom stereocenters. The first kappa shape index (κ1) is 15.1. The smallest absolute Gasteiger partial charge is 0.193 e. The van der Waals surface area contributed by atoms with Gasteiger partial charge in [-0.05, 0) is 36.2 Å². The molecular formula is C18H20O3. The minimum absolute atomic E-state index is 0.00564. The van der Waals surface area contributed by atoms with Crippen molar-refractivity contribution in [3.63, 3.8) is 0 Å². The van der Waals surface area contributed by atoms with Crippen LogP contribution >= 0.6 is 0 Å². The zero-order valence-corrected chi connectivity index (χ0v) is 12.7. The summed E-state index contributed by atoms with van der Waals surface area (Å²) in [6.07, 6.45) is 2.04. The molecule has 3 heteroatoms. The van der Waals surface area contributed by atoms with Crippen LogP contribution in [-0.2, 0) is 6.42 Å². The van der Waals surface area contributed by atoms with E-state index in [0.717, 1.165) is 12.8 Å². The normalized spacial score (nSPS) is 10.2. The Morgan fingerprint density at radius 2 is 1.67 bits per heavy atom. The number of hydrogen-bond acceptors (Lipinski definition) is 3. The van der Waals surface area contributed by atoms with Crippen molar-refractivity contribution in [3.8, 4) is 11.5 Å². The molecule has 0 saturated carbocycles. The van der Waals surface area contributed by atoms with Crippen molar-refractivity contribution in [2.75, 3.05) is 14.2 Å². The van der Waals surface area contributed by atoms with Crippen LogP contribution in [0.5, 0.6) is 11.5 Å². The van der Waals surface area contributed by atoms with Crippen LogP contribution < -0.4 is 9.47 Å². The van der Waals surface area contributed by atoms with Gasteiger partial charge in [0.05, 0.1) is 14.2 Å². The molecule has 2 aromatic rings. The van der Waals surface area contributed by atoms with Crippen LogP contribution in [0.2, 0.25) is 0 Å². The van der Waals surface area contributed by atoms with Crippen LogP contribution in [0.3, 0.4) is 0 Å². The van der Waals surface area contributed by atoms with Gasteiger partial charge in [-0.25, -0.2) is 0 Å². The van der Waals surface area contributed by atoms with Gasteiger partial charge in [0.2, 0.25) is 0 Å². The average molecular weight is 284 g/mol. The maximum atomic E-state index is 12.6. The molecule has 0 bridgehead atoms. The number of methoxy groups -OCH3 is 2. The summed E-state index contributed by atoms with van der Waals surface area (Å²) in [7, 11) is 3.14. The molecule has 0 aliphatic carbocycles. The van der Waals surface area contributed by atoms with Gasteiger partial charge < -0.3 is 9.47 Å². The second-order valence-corrected chi connectivity index (χ2v) is 4.85. The molecule has 0 aliphatic heterocycles.